The van der Waals surface area contributed by atoms with Crippen molar-refractivity contribution >= 4 is 22.8 Å². The molecule has 0 fully saturated rings. The molecule has 2 aromatic heterocycles. The number of rotatable bonds is 3. The number of carbonyl (C=O) groups is 1. The molecule has 2 heterocycles. The normalized spacial score (nSPS) is 10.9. The number of carbonyl (C=O) groups excluding carboxylic acids is 1. The van der Waals surface area contributed by atoms with Crippen molar-refractivity contribution in [2.24, 2.45) is 5.73 Å². The maximum absolute atomic E-state index is 11.6. The lowest BCUT2D eigenvalue weighted by molar-refractivity contribution is 0.100. The van der Waals surface area contributed by atoms with E-state index in [9.17, 15) is 4.79 Å². The second kappa shape index (κ2) is 4.90. The van der Waals surface area contributed by atoms with E-state index in [2.05, 4.69) is 9.97 Å². The molecular weight excluding hydrogens is 266 g/mol. The van der Waals surface area contributed by atoms with Crippen LogP contribution in [0.5, 0.6) is 0 Å². The Labute approximate surface area is 121 Å². The van der Waals surface area contributed by atoms with Crippen LogP contribution in [-0.4, -0.2) is 20.4 Å². The Morgan fingerprint density at radius 3 is 2.76 bits per heavy atom. The third-order valence-corrected chi connectivity index (χ3v) is 3.55. The number of fused-ring (bicyclic) bond motifs is 1. The van der Waals surface area contributed by atoms with Gasteiger partial charge in [0.15, 0.2) is 0 Å². The van der Waals surface area contributed by atoms with Crippen molar-refractivity contribution in [3.63, 3.8) is 0 Å². The molecule has 6 nitrogen and oxygen atoms in total. The number of aryl methyl sites for hydroxylation is 1. The molecule has 4 N–H and O–H groups in total. The number of anilines is 1. The maximum atomic E-state index is 11.6. The van der Waals surface area contributed by atoms with Crippen LogP contribution in [0.25, 0.3) is 11.0 Å². The second-order valence-electron chi connectivity index (χ2n) is 4.92. The Hall–Kier alpha value is -2.89. The highest BCUT2D eigenvalue weighted by molar-refractivity contribution is 6.08. The summed E-state index contributed by atoms with van der Waals surface area (Å²) in [5, 5.41) is 0.513. The molecule has 1 aromatic carbocycles. The van der Waals surface area contributed by atoms with E-state index >= 15 is 0 Å². The largest absolute Gasteiger partial charge is 0.383 e. The standard InChI is InChI=1S/C15H15N5O/c1-9-4-2-3-5-10(9)6-20-7-11(14(17)21)12-13(16)18-8-19-15(12)20/h2-5,7-8H,6H2,1H3,(H2,17,21)(H2,16,18,19). The van der Waals surface area contributed by atoms with Crippen LogP contribution in [0.3, 0.4) is 0 Å². The van der Waals surface area contributed by atoms with Crippen molar-refractivity contribution < 1.29 is 4.79 Å². The summed E-state index contributed by atoms with van der Waals surface area (Å²) in [4.78, 5) is 19.8. The number of nitrogens with two attached hydrogens (primary N) is 2. The van der Waals surface area contributed by atoms with Gasteiger partial charge in [-0.2, -0.15) is 0 Å². The van der Waals surface area contributed by atoms with Gasteiger partial charge in [-0.3, -0.25) is 4.79 Å². The molecule has 0 saturated carbocycles. The van der Waals surface area contributed by atoms with Gasteiger partial charge in [-0.15, -0.1) is 0 Å². The van der Waals surface area contributed by atoms with Crippen LogP contribution in [0.15, 0.2) is 36.8 Å². The van der Waals surface area contributed by atoms with Gasteiger partial charge in [-0.1, -0.05) is 24.3 Å². The number of amides is 1. The van der Waals surface area contributed by atoms with Crippen LogP contribution in [0.4, 0.5) is 5.82 Å². The average molecular weight is 281 g/mol. The fourth-order valence-electron chi connectivity index (χ4n) is 2.43. The third-order valence-electron chi connectivity index (χ3n) is 3.55. The number of nitrogen functional groups attached to an aromatic ring is 1. The minimum atomic E-state index is -0.537. The molecule has 1 amide bonds. The monoisotopic (exact) mass is 281 g/mol. The van der Waals surface area contributed by atoms with E-state index in [-0.39, 0.29) is 5.82 Å². The summed E-state index contributed by atoms with van der Waals surface area (Å²) < 4.78 is 1.87. The highest BCUT2D eigenvalue weighted by atomic mass is 16.1. The van der Waals surface area contributed by atoms with Crippen molar-refractivity contribution in [1.82, 2.24) is 14.5 Å². The summed E-state index contributed by atoms with van der Waals surface area (Å²) in [6.45, 7) is 2.63. The number of hydrogen-bond donors (Lipinski definition) is 2. The fourth-order valence-corrected chi connectivity index (χ4v) is 2.43. The minimum Gasteiger partial charge on any atom is -0.383 e. The van der Waals surface area contributed by atoms with Crippen LogP contribution in [0.2, 0.25) is 0 Å². The van der Waals surface area contributed by atoms with Crippen LogP contribution in [-0.2, 0) is 6.54 Å². The first-order valence-electron chi connectivity index (χ1n) is 6.51. The SMILES string of the molecule is Cc1ccccc1Cn1cc(C(N)=O)c2c(N)ncnc21. The summed E-state index contributed by atoms with van der Waals surface area (Å²) in [6, 6.07) is 8.04. The fraction of sp³-hybridized carbons (Fsp3) is 0.133. The van der Waals surface area contributed by atoms with Gasteiger partial charge in [0.05, 0.1) is 10.9 Å². The number of benzene rings is 1. The van der Waals surface area contributed by atoms with Gasteiger partial charge in [-0.05, 0) is 18.1 Å². The van der Waals surface area contributed by atoms with Crippen LogP contribution in [0.1, 0.15) is 21.5 Å². The molecule has 0 spiro atoms. The van der Waals surface area contributed by atoms with Crippen molar-refractivity contribution in [2.45, 2.75) is 13.5 Å². The maximum Gasteiger partial charge on any atom is 0.251 e. The Morgan fingerprint density at radius 2 is 2.05 bits per heavy atom. The highest BCUT2D eigenvalue weighted by Gasteiger charge is 2.17. The van der Waals surface area contributed by atoms with Crippen LogP contribution < -0.4 is 11.5 Å². The highest BCUT2D eigenvalue weighted by Crippen LogP contribution is 2.24. The topological polar surface area (TPSA) is 99.8 Å². The van der Waals surface area contributed by atoms with Crippen LogP contribution in [0, 0.1) is 6.92 Å². The summed E-state index contributed by atoms with van der Waals surface area (Å²) in [7, 11) is 0. The zero-order valence-corrected chi connectivity index (χ0v) is 11.6. The van der Waals surface area contributed by atoms with Gasteiger partial charge in [0.1, 0.15) is 17.8 Å². The molecule has 0 aliphatic heterocycles. The zero-order valence-electron chi connectivity index (χ0n) is 11.6. The predicted molar refractivity (Wildman–Crippen MR) is 80.7 cm³/mol. The Morgan fingerprint density at radius 1 is 1.29 bits per heavy atom. The molecule has 21 heavy (non-hydrogen) atoms. The molecule has 0 aliphatic rings. The Kier molecular flexibility index (Phi) is 3.06. The first kappa shape index (κ1) is 13.1. The lowest BCUT2D eigenvalue weighted by Gasteiger charge is -2.07. The summed E-state index contributed by atoms with van der Waals surface area (Å²) >= 11 is 0. The Balaban J connectivity index is 2.18. The van der Waals surface area contributed by atoms with Crippen molar-refractivity contribution in [3.05, 3.63) is 53.5 Å². The molecule has 6 heteroatoms. The van der Waals surface area contributed by atoms with Crippen molar-refractivity contribution in [1.29, 1.82) is 0 Å². The summed E-state index contributed by atoms with van der Waals surface area (Å²) in [5.74, 6) is -0.276. The van der Waals surface area contributed by atoms with Gasteiger partial charge in [0.25, 0.3) is 5.91 Å². The quantitative estimate of drug-likeness (QED) is 0.759. The smallest absolute Gasteiger partial charge is 0.251 e. The number of hydrogen-bond acceptors (Lipinski definition) is 4. The lowest BCUT2D eigenvalue weighted by Crippen LogP contribution is -2.11. The zero-order chi connectivity index (χ0) is 15.0. The van der Waals surface area contributed by atoms with Gasteiger partial charge in [0, 0.05) is 12.7 Å². The van der Waals surface area contributed by atoms with Crippen LogP contribution >= 0.6 is 0 Å². The minimum absolute atomic E-state index is 0.261. The van der Waals surface area contributed by atoms with E-state index in [0.717, 1.165) is 5.56 Å². The molecule has 3 rings (SSSR count). The van der Waals surface area contributed by atoms with E-state index in [1.165, 1.54) is 11.9 Å². The summed E-state index contributed by atoms with van der Waals surface area (Å²) in [6.07, 6.45) is 3.07. The van der Waals surface area contributed by atoms with E-state index in [1.54, 1.807) is 6.20 Å². The van der Waals surface area contributed by atoms with Gasteiger partial charge < -0.3 is 16.0 Å². The first-order chi connectivity index (χ1) is 10.1. The number of primary amides is 1. The predicted octanol–water partition coefficient (Wildman–Crippen LogP) is 1.47. The lowest BCUT2D eigenvalue weighted by atomic mass is 10.1. The number of nitrogens with zero attached hydrogens (tertiary/aromatic N) is 3. The van der Waals surface area contributed by atoms with E-state index in [0.29, 0.717) is 23.1 Å². The molecule has 0 atom stereocenters. The summed E-state index contributed by atoms with van der Waals surface area (Å²) in [5.41, 5.74) is 14.5. The molecule has 0 saturated heterocycles. The molecule has 3 aromatic rings. The third kappa shape index (κ3) is 2.20. The second-order valence-corrected chi connectivity index (χ2v) is 4.92. The molecular formula is C15H15N5O. The molecule has 106 valence electrons. The van der Waals surface area contributed by atoms with Gasteiger partial charge in [0.2, 0.25) is 0 Å². The molecule has 0 aliphatic carbocycles. The van der Waals surface area contributed by atoms with Gasteiger partial charge in [-0.25, -0.2) is 9.97 Å². The van der Waals surface area contributed by atoms with E-state index in [1.807, 2.05) is 35.8 Å². The van der Waals surface area contributed by atoms with Crippen molar-refractivity contribution in [3.8, 4) is 0 Å². The van der Waals surface area contributed by atoms with Gasteiger partial charge >= 0.3 is 0 Å². The van der Waals surface area contributed by atoms with E-state index < -0.39 is 5.91 Å². The average Bonchev–Trinajstić information content (AvgIpc) is 2.82. The van der Waals surface area contributed by atoms with Crippen molar-refractivity contribution in [2.75, 3.05) is 5.73 Å². The molecule has 0 bridgehead atoms. The van der Waals surface area contributed by atoms with E-state index in [4.69, 9.17) is 11.5 Å². The number of aromatic nitrogens is 3. The molecule has 0 radical (unpaired) electrons. The molecule has 0 unspecified atom stereocenters. The Bertz CT molecular complexity index is 837. The first-order valence-corrected chi connectivity index (χ1v) is 6.51.